The molecular weight excluding hydrogens is 260 g/mol. The zero-order valence-electron chi connectivity index (χ0n) is 12.2. The van der Waals surface area contributed by atoms with Crippen LogP contribution < -0.4 is 5.73 Å². The lowest BCUT2D eigenvalue weighted by Gasteiger charge is -2.26. The first-order valence-corrected chi connectivity index (χ1v) is 8.10. The van der Waals surface area contributed by atoms with Crippen LogP contribution in [0.5, 0.6) is 0 Å². The number of nitrogens with zero attached hydrogens (tertiary/aromatic N) is 1. The fourth-order valence-corrected chi connectivity index (χ4v) is 4.07. The average molecular weight is 284 g/mol. The lowest BCUT2D eigenvalue weighted by atomic mass is 10.1. The number of nitrogens with two attached hydrogens (primary N) is 1. The largest absolute Gasteiger partial charge is 0.326 e. The van der Waals surface area contributed by atoms with Gasteiger partial charge < -0.3 is 5.73 Å². The fraction of sp³-hybridized carbons (Fsp3) is 0.571. The second kappa shape index (κ2) is 6.50. The van der Waals surface area contributed by atoms with Crippen molar-refractivity contribution in [1.82, 2.24) is 4.31 Å². The van der Waals surface area contributed by atoms with Crippen LogP contribution in [0.3, 0.4) is 0 Å². The normalized spacial score (nSPS) is 12.4. The van der Waals surface area contributed by atoms with Crippen molar-refractivity contribution >= 4 is 10.0 Å². The molecule has 0 aliphatic heterocycles. The van der Waals surface area contributed by atoms with Crippen LogP contribution in [0.4, 0.5) is 0 Å². The van der Waals surface area contributed by atoms with E-state index in [4.69, 9.17) is 5.73 Å². The molecule has 19 heavy (non-hydrogen) atoms. The topological polar surface area (TPSA) is 63.4 Å². The third-order valence-electron chi connectivity index (χ3n) is 3.08. The first-order valence-electron chi connectivity index (χ1n) is 6.66. The van der Waals surface area contributed by atoms with E-state index in [1.807, 2.05) is 33.8 Å². The van der Waals surface area contributed by atoms with Gasteiger partial charge in [0.05, 0.1) is 4.90 Å². The van der Waals surface area contributed by atoms with E-state index >= 15 is 0 Å². The Morgan fingerprint density at radius 1 is 1.32 bits per heavy atom. The maximum absolute atomic E-state index is 12.7. The Kier molecular flexibility index (Phi) is 5.52. The van der Waals surface area contributed by atoms with E-state index in [1.54, 1.807) is 16.4 Å². The van der Waals surface area contributed by atoms with Crippen molar-refractivity contribution in [2.24, 2.45) is 5.73 Å². The first-order chi connectivity index (χ1) is 8.84. The lowest BCUT2D eigenvalue weighted by molar-refractivity contribution is 0.354. The minimum absolute atomic E-state index is 0.0430. The highest BCUT2D eigenvalue weighted by molar-refractivity contribution is 7.89. The molecule has 0 fully saturated rings. The van der Waals surface area contributed by atoms with Gasteiger partial charge in [0, 0.05) is 19.1 Å². The molecule has 1 aromatic rings. The molecule has 0 atom stereocenters. The van der Waals surface area contributed by atoms with Gasteiger partial charge in [-0.25, -0.2) is 8.42 Å². The van der Waals surface area contributed by atoms with Crippen LogP contribution in [0.2, 0.25) is 0 Å². The van der Waals surface area contributed by atoms with E-state index < -0.39 is 10.0 Å². The van der Waals surface area contributed by atoms with Crippen molar-refractivity contribution < 1.29 is 8.42 Å². The number of hydrogen-bond donors (Lipinski definition) is 1. The predicted molar refractivity (Wildman–Crippen MR) is 78.4 cm³/mol. The molecule has 0 aliphatic rings. The fourth-order valence-electron chi connectivity index (χ4n) is 2.13. The number of rotatable bonds is 6. The zero-order valence-corrected chi connectivity index (χ0v) is 13.0. The van der Waals surface area contributed by atoms with E-state index in [0.717, 1.165) is 17.5 Å². The smallest absolute Gasteiger partial charge is 0.243 e. The SMILES string of the molecule is CCCN(C(C)C)S(=O)(=O)c1ccc(CN)cc1C. The van der Waals surface area contributed by atoms with Gasteiger partial charge in [-0.15, -0.1) is 0 Å². The Balaban J connectivity index is 3.25. The zero-order chi connectivity index (χ0) is 14.6. The predicted octanol–water partition coefficient (Wildman–Crippen LogP) is 2.26. The minimum atomic E-state index is -3.43. The highest BCUT2D eigenvalue weighted by atomic mass is 32.2. The standard InChI is InChI=1S/C14H24N2O2S/c1-5-8-16(11(2)3)19(17,18)14-7-6-13(10-15)9-12(14)4/h6-7,9,11H,5,8,10,15H2,1-4H3. The molecule has 0 saturated carbocycles. The molecule has 0 heterocycles. The summed E-state index contributed by atoms with van der Waals surface area (Å²) in [7, 11) is -3.43. The van der Waals surface area contributed by atoms with Crippen LogP contribution in [0, 0.1) is 6.92 Å². The summed E-state index contributed by atoms with van der Waals surface area (Å²) in [5.41, 5.74) is 7.28. The van der Waals surface area contributed by atoms with Gasteiger partial charge in [0.2, 0.25) is 10.0 Å². The van der Waals surface area contributed by atoms with Crippen molar-refractivity contribution in [1.29, 1.82) is 0 Å². The minimum Gasteiger partial charge on any atom is -0.326 e. The van der Waals surface area contributed by atoms with Crippen LogP contribution >= 0.6 is 0 Å². The molecule has 108 valence electrons. The molecule has 0 amide bonds. The van der Waals surface area contributed by atoms with Gasteiger partial charge in [-0.05, 0) is 44.4 Å². The molecule has 5 heteroatoms. The Morgan fingerprint density at radius 2 is 1.95 bits per heavy atom. The van der Waals surface area contributed by atoms with E-state index in [-0.39, 0.29) is 6.04 Å². The summed E-state index contributed by atoms with van der Waals surface area (Å²) in [6.45, 7) is 8.56. The van der Waals surface area contributed by atoms with Crippen molar-refractivity contribution in [2.45, 2.75) is 51.6 Å². The molecule has 1 rings (SSSR count). The summed E-state index contributed by atoms with van der Waals surface area (Å²) in [6, 6.07) is 5.25. The Bertz CT molecular complexity index is 524. The summed E-state index contributed by atoms with van der Waals surface area (Å²) >= 11 is 0. The van der Waals surface area contributed by atoms with Crippen LogP contribution in [-0.4, -0.2) is 25.3 Å². The van der Waals surface area contributed by atoms with Crippen LogP contribution in [-0.2, 0) is 16.6 Å². The van der Waals surface area contributed by atoms with Gasteiger partial charge in [0.15, 0.2) is 0 Å². The number of sulfonamides is 1. The monoisotopic (exact) mass is 284 g/mol. The second-order valence-electron chi connectivity index (χ2n) is 5.01. The molecule has 1 aromatic carbocycles. The highest BCUT2D eigenvalue weighted by Gasteiger charge is 2.27. The van der Waals surface area contributed by atoms with E-state index in [2.05, 4.69) is 0 Å². The molecule has 2 N–H and O–H groups in total. The van der Waals surface area contributed by atoms with Gasteiger partial charge in [0.25, 0.3) is 0 Å². The quantitative estimate of drug-likeness (QED) is 0.871. The van der Waals surface area contributed by atoms with Crippen molar-refractivity contribution in [2.75, 3.05) is 6.54 Å². The first kappa shape index (κ1) is 16.1. The maximum atomic E-state index is 12.7. The summed E-state index contributed by atoms with van der Waals surface area (Å²) in [5.74, 6) is 0. The average Bonchev–Trinajstić information content (AvgIpc) is 2.34. The molecule has 0 aliphatic carbocycles. The summed E-state index contributed by atoms with van der Waals surface area (Å²) < 4.78 is 26.9. The Labute approximate surface area is 116 Å². The Hall–Kier alpha value is -0.910. The summed E-state index contributed by atoms with van der Waals surface area (Å²) in [6.07, 6.45) is 0.803. The molecule has 0 aromatic heterocycles. The maximum Gasteiger partial charge on any atom is 0.243 e. The van der Waals surface area contributed by atoms with Crippen molar-refractivity contribution in [3.8, 4) is 0 Å². The second-order valence-corrected chi connectivity index (χ2v) is 6.87. The molecule has 0 spiro atoms. The third-order valence-corrected chi connectivity index (χ3v) is 5.32. The molecule has 0 bridgehead atoms. The van der Waals surface area contributed by atoms with Crippen LogP contribution in [0.1, 0.15) is 38.3 Å². The molecule has 0 saturated heterocycles. The van der Waals surface area contributed by atoms with E-state index in [9.17, 15) is 8.42 Å². The summed E-state index contributed by atoms with van der Waals surface area (Å²) in [5, 5.41) is 0. The van der Waals surface area contributed by atoms with Gasteiger partial charge >= 0.3 is 0 Å². The lowest BCUT2D eigenvalue weighted by Crippen LogP contribution is -2.37. The van der Waals surface area contributed by atoms with Gasteiger partial charge in [-0.1, -0.05) is 19.1 Å². The third kappa shape index (κ3) is 3.55. The molecule has 4 nitrogen and oxygen atoms in total. The van der Waals surface area contributed by atoms with Crippen LogP contribution in [0.25, 0.3) is 0 Å². The van der Waals surface area contributed by atoms with E-state index in [0.29, 0.717) is 18.0 Å². The number of aryl methyl sites for hydroxylation is 1. The van der Waals surface area contributed by atoms with Gasteiger partial charge in [0.1, 0.15) is 0 Å². The van der Waals surface area contributed by atoms with Crippen LogP contribution in [0.15, 0.2) is 23.1 Å². The number of benzene rings is 1. The van der Waals surface area contributed by atoms with Crippen molar-refractivity contribution in [3.05, 3.63) is 29.3 Å². The summed E-state index contributed by atoms with van der Waals surface area (Å²) in [4.78, 5) is 0.381. The van der Waals surface area contributed by atoms with Gasteiger partial charge in [-0.2, -0.15) is 4.31 Å². The molecular formula is C14H24N2O2S. The number of hydrogen-bond acceptors (Lipinski definition) is 3. The molecule has 0 radical (unpaired) electrons. The molecule has 0 unspecified atom stereocenters. The Morgan fingerprint density at radius 3 is 2.37 bits per heavy atom. The van der Waals surface area contributed by atoms with Crippen molar-refractivity contribution in [3.63, 3.8) is 0 Å². The van der Waals surface area contributed by atoms with E-state index in [1.165, 1.54) is 0 Å². The highest BCUT2D eigenvalue weighted by Crippen LogP contribution is 2.23. The van der Waals surface area contributed by atoms with Gasteiger partial charge in [-0.3, -0.25) is 0 Å².